The van der Waals surface area contributed by atoms with Crippen molar-refractivity contribution in [1.82, 2.24) is 0 Å². The maximum absolute atomic E-state index is 9.19. The Balaban J connectivity index is 2.86. The fraction of sp³-hybridized carbons (Fsp3) is 0.250. The molecule has 0 aromatic heterocycles. The highest BCUT2D eigenvalue weighted by atomic mass is 127. The van der Waals surface area contributed by atoms with Gasteiger partial charge in [0.15, 0.2) is 0 Å². The number of hydrogen-bond acceptors (Lipinski definition) is 1. The van der Waals surface area contributed by atoms with Crippen LogP contribution >= 0.6 is 22.6 Å². The molecule has 1 aromatic carbocycles. The first kappa shape index (κ1) is 9.06. The first-order valence-electron chi connectivity index (χ1n) is 3.36. The largest absolute Gasteiger partial charge is 0.507 e. The van der Waals surface area contributed by atoms with Crippen LogP contribution in [-0.4, -0.2) is 15.3 Å². The van der Waals surface area contributed by atoms with E-state index in [2.05, 4.69) is 32.8 Å². The number of benzene rings is 1. The molecule has 57 valence electrons. The van der Waals surface area contributed by atoms with Gasteiger partial charge >= 0.3 is 0 Å². The zero-order valence-electron chi connectivity index (χ0n) is 5.97. The molecular weight excluding hydrogens is 267 g/mol. The van der Waals surface area contributed by atoms with E-state index in [0.717, 1.165) is 16.0 Å². The fourth-order valence-electron chi connectivity index (χ4n) is 0.850. The molecule has 0 spiro atoms. The standard InChI is InChI=1S/C8H8IOSi/c9-7-5-6(3-4-11)1-2-8(7)10/h1-2,5,10H,3-4H2. The van der Waals surface area contributed by atoms with E-state index in [-0.39, 0.29) is 0 Å². The minimum absolute atomic E-state index is 0.364. The Morgan fingerprint density at radius 2 is 2.18 bits per heavy atom. The lowest BCUT2D eigenvalue weighted by Crippen LogP contribution is -1.84. The lowest BCUT2D eigenvalue weighted by atomic mass is 10.2. The lowest BCUT2D eigenvalue weighted by molar-refractivity contribution is 0.471. The van der Waals surface area contributed by atoms with Crippen LogP contribution in [0.25, 0.3) is 0 Å². The monoisotopic (exact) mass is 275 g/mol. The third-order valence-electron chi connectivity index (χ3n) is 1.43. The van der Waals surface area contributed by atoms with Gasteiger partial charge in [-0.15, -0.1) is 0 Å². The zero-order valence-corrected chi connectivity index (χ0v) is 9.13. The Hall–Kier alpha value is -0.0331. The summed E-state index contributed by atoms with van der Waals surface area (Å²) < 4.78 is 0.917. The highest BCUT2D eigenvalue weighted by molar-refractivity contribution is 14.1. The van der Waals surface area contributed by atoms with Crippen molar-refractivity contribution in [2.75, 3.05) is 0 Å². The summed E-state index contributed by atoms with van der Waals surface area (Å²) >= 11 is 2.12. The number of phenols is 1. The van der Waals surface area contributed by atoms with Crippen molar-refractivity contribution in [3.8, 4) is 5.75 Å². The van der Waals surface area contributed by atoms with Crippen LogP contribution in [-0.2, 0) is 6.42 Å². The van der Waals surface area contributed by atoms with Crippen molar-refractivity contribution in [1.29, 1.82) is 0 Å². The molecule has 0 saturated carbocycles. The second-order valence-corrected chi connectivity index (χ2v) is 3.95. The van der Waals surface area contributed by atoms with Crippen LogP contribution in [0.2, 0.25) is 6.04 Å². The Kier molecular flexibility index (Phi) is 3.38. The average Bonchev–Trinajstić information content (AvgIpc) is 1.98. The van der Waals surface area contributed by atoms with E-state index in [1.165, 1.54) is 5.56 Å². The van der Waals surface area contributed by atoms with Gasteiger partial charge in [0.25, 0.3) is 0 Å². The van der Waals surface area contributed by atoms with Gasteiger partial charge in [-0.05, 0) is 46.7 Å². The van der Waals surface area contributed by atoms with Crippen molar-refractivity contribution in [2.45, 2.75) is 12.5 Å². The maximum Gasteiger partial charge on any atom is 0.128 e. The summed E-state index contributed by atoms with van der Waals surface area (Å²) in [6, 6.07) is 6.63. The van der Waals surface area contributed by atoms with E-state index in [0.29, 0.717) is 5.75 Å². The zero-order chi connectivity index (χ0) is 8.27. The molecule has 0 saturated heterocycles. The minimum atomic E-state index is 0.364. The van der Waals surface area contributed by atoms with E-state index in [1.54, 1.807) is 6.07 Å². The predicted molar refractivity (Wildman–Crippen MR) is 55.1 cm³/mol. The summed E-state index contributed by atoms with van der Waals surface area (Å²) in [5, 5.41) is 9.19. The average molecular weight is 275 g/mol. The molecule has 0 bridgehead atoms. The quantitative estimate of drug-likeness (QED) is 0.647. The van der Waals surface area contributed by atoms with Crippen LogP contribution in [0.15, 0.2) is 18.2 Å². The van der Waals surface area contributed by atoms with E-state index < -0.39 is 0 Å². The van der Waals surface area contributed by atoms with Crippen molar-refractivity contribution < 1.29 is 5.11 Å². The first-order chi connectivity index (χ1) is 5.24. The molecule has 3 radical (unpaired) electrons. The molecule has 3 heteroatoms. The smallest absolute Gasteiger partial charge is 0.128 e. The summed E-state index contributed by atoms with van der Waals surface area (Å²) in [7, 11) is 3.41. The molecule has 1 aromatic rings. The molecule has 0 atom stereocenters. The number of hydrogen-bond donors (Lipinski definition) is 1. The summed E-state index contributed by atoms with van der Waals surface area (Å²) in [5.74, 6) is 0.364. The van der Waals surface area contributed by atoms with Crippen molar-refractivity contribution in [3.63, 3.8) is 0 Å². The third-order valence-corrected chi connectivity index (χ3v) is 2.54. The van der Waals surface area contributed by atoms with Crippen LogP contribution in [0.1, 0.15) is 5.56 Å². The molecular formula is C8H8IOSi. The van der Waals surface area contributed by atoms with Gasteiger partial charge in [0.2, 0.25) is 0 Å². The fourth-order valence-corrected chi connectivity index (χ4v) is 1.72. The maximum atomic E-state index is 9.19. The molecule has 0 aliphatic heterocycles. The van der Waals surface area contributed by atoms with E-state index in [4.69, 9.17) is 0 Å². The van der Waals surface area contributed by atoms with Gasteiger partial charge < -0.3 is 5.11 Å². The SMILES string of the molecule is Oc1ccc(CC[Si])cc1I. The molecule has 1 nitrogen and oxygen atoms in total. The van der Waals surface area contributed by atoms with E-state index >= 15 is 0 Å². The molecule has 11 heavy (non-hydrogen) atoms. The topological polar surface area (TPSA) is 20.2 Å². The molecule has 0 unspecified atom stereocenters. The van der Waals surface area contributed by atoms with Gasteiger partial charge in [0, 0.05) is 10.2 Å². The second kappa shape index (κ2) is 4.11. The van der Waals surface area contributed by atoms with E-state index in [9.17, 15) is 5.11 Å². The summed E-state index contributed by atoms with van der Waals surface area (Å²) in [6.45, 7) is 0. The second-order valence-electron chi connectivity index (χ2n) is 2.29. The Morgan fingerprint density at radius 1 is 1.45 bits per heavy atom. The van der Waals surface area contributed by atoms with Crippen molar-refractivity contribution >= 4 is 32.8 Å². The van der Waals surface area contributed by atoms with Crippen LogP contribution < -0.4 is 0 Å². The Bertz CT molecular complexity index is 250. The third kappa shape index (κ3) is 2.48. The van der Waals surface area contributed by atoms with Crippen molar-refractivity contribution in [2.24, 2.45) is 0 Å². The van der Waals surface area contributed by atoms with Gasteiger partial charge in [-0.3, -0.25) is 0 Å². The molecule has 0 aliphatic carbocycles. The summed E-state index contributed by atoms with van der Waals surface area (Å²) in [6.07, 6.45) is 1.01. The predicted octanol–water partition coefficient (Wildman–Crippen LogP) is 2.13. The van der Waals surface area contributed by atoms with Gasteiger partial charge in [-0.2, -0.15) is 0 Å². The number of aryl methyl sites for hydroxylation is 1. The Labute approximate surface area is 83.4 Å². The molecule has 1 N–H and O–H groups in total. The summed E-state index contributed by atoms with van der Waals surface area (Å²) in [5.41, 5.74) is 1.25. The van der Waals surface area contributed by atoms with E-state index in [1.807, 2.05) is 12.1 Å². The summed E-state index contributed by atoms with van der Waals surface area (Å²) in [4.78, 5) is 0. The lowest BCUT2D eigenvalue weighted by Gasteiger charge is -2.00. The van der Waals surface area contributed by atoms with Gasteiger partial charge in [-0.25, -0.2) is 0 Å². The molecule has 0 amide bonds. The molecule has 0 aliphatic rings. The number of phenolic OH excluding ortho intramolecular Hbond substituents is 1. The van der Waals surface area contributed by atoms with Gasteiger partial charge in [0.05, 0.1) is 3.57 Å². The van der Waals surface area contributed by atoms with Gasteiger partial charge in [0.1, 0.15) is 5.75 Å². The van der Waals surface area contributed by atoms with Crippen molar-refractivity contribution in [3.05, 3.63) is 27.3 Å². The highest BCUT2D eigenvalue weighted by Gasteiger charge is 1.97. The van der Waals surface area contributed by atoms with Crippen LogP contribution in [0.4, 0.5) is 0 Å². The minimum Gasteiger partial charge on any atom is -0.507 e. The molecule has 0 fully saturated rings. The van der Waals surface area contributed by atoms with Crippen LogP contribution in [0.5, 0.6) is 5.75 Å². The normalized spacial score (nSPS) is 10.0. The molecule has 0 heterocycles. The number of halogens is 1. The molecule has 1 rings (SSSR count). The first-order valence-corrected chi connectivity index (χ1v) is 5.14. The number of aromatic hydroxyl groups is 1. The van der Waals surface area contributed by atoms with Crippen LogP contribution in [0.3, 0.4) is 0 Å². The number of rotatable bonds is 2. The highest BCUT2D eigenvalue weighted by Crippen LogP contribution is 2.20. The van der Waals surface area contributed by atoms with Crippen LogP contribution in [0, 0.1) is 3.57 Å². The van der Waals surface area contributed by atoms with Gasteiger partial charge in [-0.1, -0.05) is 12.1 Å². The Morgan fingerprint density at radius 3 is 2.73 bits per heavy atom.